The molecule has 17 heavy (non-hydrogen) atoms. The van der Waals surface area contributed by atoms with Crippen molar-refractivity contribution in [1.82, 2.24) is 0 Å². The molecule has 0 amide bonds. The molecule has 0 aromatic carbocycles. The molecule has 0 bridgehead atoms. The minimum Gasteiger partial charge on any atom is -0.468 e. The fourth-order valence-electron chi connectivity index (χ4n) is 1.26. The molecular weight excluding hydrogens is 381 g/mol. The third-order valence-corrected chi connectivity index (χ3v) is 8.31. The first-order valence-corrected chi connectivity index (χ1v) is 10.2. The Kier molecular flexibility index (Phi) is 11.2. The van der Waals surface area contributed by atoms with Crippen LogP contribution in [0, 0.1) is 0 Å². The monoisotopic (exact) mass is 394 g/mol. The van der Waals surface area contributed by atoms with Gasteiger partial charge in [0, 0.05) is 0 Å². The molecule has 1 saturated carbocycles. The number of alkyl halides is 6. The van der Waals surface area contributed by atoms with E-state index in [2.05, 4.69) is 6.92 Å². The highest BCUT2D eigenvalue weighted by Crippen LogP contribution is 2.39. The Labute approximate surface area is 138 Å². The standard InChI is InChI=1S/C6H6Cl6.C2H10OSi2/c7-1-2(8)4(10)6(12)5(11)3(1)9;1-2-5-3-4/h1-6H;2,5H2,1,4H3/t1-,2-,3-,4+,5+,6+;. The normalized spacial score (nSPS) is 42.5. The van der Waals surface area contributed by atoms with Crippen molar-refractivity contribution in [3.8, 4) is 0 Å². The van der Waals surface area contributed by atoms with E-state index in [9.17, 15) is 0 Å². The van der Waals surface area contributed by atoms with Gasteiger partial charge in [0.25, 0.3) is 0 Å². The average molecular weight is 397 g/mol. The second-order valence-corrected chi connectivity index (χ2v) is 10.4. The molecule has 0 aromatic heterocycles. The highest BCUT2D eigenvalue weighted by molar-refractivity contribution is 6.45. The number of hydrogen-bond donors (Lipinski definition) is 0. The summed E-state index contributed by atoms with van der Waals surface area (Å²) in [5, 5.41) is -2.62. The smallest absolute Gasteiger partial charge is 0.145 e. The maximum absolute atomic E-state index is 5.88. The molecule has 1 rings (SSSR count). The summed E-state index contributed by atoms with van der Waals surface area (Å²) < 4.78 is 4.97. The highest BCUT2D eigenvalue weighted by Gasteiger charge is 2.46. The van der Waals surface area contributed by atoms with E-state index in [4.69, 9.17) is 73.7 Å². The first kappa shape index (κ1) is 19.1. The average Bonchev–Trinajstić information content (AvgIpc) is 2.33. The van der Waals surface area contributed by atoms with Crippen LogP contribution in [0.25, 0.3) is 0 Å². The molecule has 0 atom stereocenters. The van der Waals surface area contributed by atoms with E-state index in [1.54, 1.807) is 0 Å². The van der Waals surface area contributed by atoms with Crippen LogP contribution in [0.2, 0.25) is 6.04 Å². The Balaban J connectivity index is 0.000000437. The fourth-order valence-corrected chi connectivity index (χ4v) is 5.22. The van der Waals surface area contributed by atoms with Gasteiger partial charge in [0.05, 0.1) is 32.3 Å². The van der Waals surface area contributed by atoms with Crippen molar-refractivity contribution < 1.29 is 4.12 Å². The lowest BCUT2D eigenvalue weighted by molar-refractivity contribution is 0.544. The van der Waals surface area contributed by atoms with Crippen molar-refractivity contribution in [2.75, 3.05) is 0 Å². The Morgan fingerprint density at radius 1 is 0.824 bits per heavy atom. The third kappa shape index (κ3) is 5.96. The molecule has 0 saturated heterocycles. The van der Waals surface area contributed by atoms with Gasteiger partial charge in [-0.15, -0.1) is 69.6 Å². The lowest BCUT2D eigenvalue weighted by atomic mass is 9.97. The zero-order chi connectivity index (χ0) is 13.6. The molecule has 0 N–H and O–H groups in total. The summed E-state index contributed by atoms with van der Waals surface area (Å²) in [4.78, 5) is 0. The van der Waals surface area contributed by atoms with Crippen molar-refractivity contribution in [2.24, 2.45) is 0 Å². The molecule has 1 fully saturated rings. The van der Waals surface area contributed by atoms with Crippen LogP contribution < -0.4 is 0 Å². The van der Waals surface area contributed by atoms with Crippen molar-refractivity contribution in [1.29, 1.82) is 0 Å². The summed E-state index contributed by atoms with van der Waals surface area (Å²) >= 11 is 35.3. The summed E-state index contributed by atoms with van der Waals surface area (Å²) in [5.41, 5.74) is 0. The largest absolute Gasteiger partial charge is 0.468 e. The summed E-state index contributed by atoms with van der Waals surface area (Å²) in [5.74, 6) is 0. The summed E-state index contributed by atoms with van der Waals surface area (Å²) in [7, 11) is 0.954. The second kappa shape index (κ2) is 9.95. The van der Waals surface area contributed by atoms with E-state index in [1.165, 1.54) is 6.04 Å². The molecule has 0 aliphatic heterocycles. The second-order valence-electron chi connectivity index (χ2n) is 3.66. The molecule has 0 aromatic rings. The number of rotatable bonds is 2. The molecule has 0 radical (unpaired) electrons. The van der Waals surface area contributed by atoms with E-state index < -0.39 is 32.3 Å². The minimum atomic E-state index is -0.437. The van der Waals surface area contributed by atoms with Crippen molar-refractivity contribution in [3.05, 3.63) is 0 Å². The van der Waals surface area contributed by atoms with Crippen molar-refractivity contribution >= 4 is 89.9 Å². The van der Waals surface area contributed by atoms with Gasteiger partial charge in [-0.25, -0.2) is 0 Å². The third-order valence-electron chi connectivity index (χ3n) is 2.23. The Morgan fingerprint density at radius 2 is 1.06 bits per heavy atom. The molecular formula is C8H16Cl6OSi2. The number of hydrogen-bond acceptors (Lipinski definition) is 1. The van der Waals surface area contributed by atoms with E-state index in [-0.39, 0.29) is 9.76 Å². The van der Waals surface area contributed by atoms with Gasteiger partial charge in [-0.1, -0.05) is 6.92 Å². The maximum Gasteiger partial charge on any atom is 0.145 e. The summed E-state index contributed by atoms with van der Waals surface area (Å²) in [6.45, 7) is 2.17. The van der Waals surface area contributed by atoms with Gasteiger partial charge in [-0.3, -0.25) is 0 Å². The minimum absolute atomic E-state index is 0.00617. The predicted molar refractivity (Wildman–Crippen MR) is 87.9 cm³/mol. The molecule has 9 heteroatoms. The number of halogens is 6. The molecule has 1 aliphatic carbocycles. The molecule has 0 spiro atoms. The van der Waals surface area contributed by atoms with E-state index in [1.807, 2.05) is 0 Å². The van der Waals surface area contributed by atoms with Gasteiger partial charge in [-0.05, 0) is 6.04 Å². The van der Waals surface area contributed by atoms with Gasteiger partial charge >= 0.3 is 0 Å². The van der Waals surface area contributed by atoms with Crippen LogP contribution in [0.3, 0.4) is 0 Å². The Morgan fingerprint density at radius 3 is 1.12 bits per heavy atom. The maximum atomic E-state index is 5.88. The first-order valence-electron chi connectivity index (χ1n) is 5.21. The van der Waals surface area contributed by atoms with Crippen LogP contribution in [0.4, 0.5) is 0 Å². The van der Waals surface area contributed by atoms with Crippen LogP contribution in [0.15, 0.2) is 0 Å². The molecule has 104 valence electrons. The molecule has 0 unspecified atom stereocenters. The zero-order valence-corrected chi connectivity index (χ0v) is 17.5. The van der Waals surface area contributed by atoms with Crippen molar-refractivity contribution in [2.45, 2.75) is 45.2 Å². The van der Waals surface area contributed by atoms with E-state index >= 15 is 0 Å². The van der Waals surface area contributed by atoms with E-state index in [0.29, 0.717) is 0 Å². The summed E-state index contributed by atoms with van der Waals surface area (Å²) in [6, 6.07) is 1.30. The Hall–Kier alpha value is 2.13. The quantitative estimate of drug-likeness (QED) is 0.514. The van der Waals surface area contributed by atoms with Crippen LogP contribution in [0.5, 0.6) is 0 Å². The molecule has 1 aliphatic rings. The Bertz CT molecular complexity index is 152. The van der Waals surface area contributed by atoms with Gasteiger partial charge in [-0.2, -0.15) is 0 Å². The van der Waals surface area contributed by atoms with Crippen LogP contribution >= 0.6 is 69.6 Å². The zero-order valence-electron chi connectivity index (χ0n) is 9.55. The summed E-state index contributed by atoms with van der Waals surface area (Å²) in [6.07, 6.45) is 0. The van der Waals surface area contributed by atoms with Gasteiger partial charge in [0.2, 0.25) is 0 Å². The van der Waals surface area contributed by atoms with Crippen LogP contribution in [-0.4, -0.2) is 52.5 Å². The van der Waals surface area contributed by atoms with Crippen LogP contribution in [-0.2, 0) is 4.12 Å². The van der Waals surface area contributed by atoms with Gasteiger partial charge < -0.3 is 4.12 Å². The molecule has 0 heterocycles. The highest BCUT2D eigenvalue weighted by atomic mass is 35.5. The topological polar surface area (TPSA) is 9.23 Å². The van der Waals surface area contributed by atoms with E-state index in [0.717, 1.165) is 10.5 Å². The fraction of sp³-hybridized carbons (Fsp3) is 1.00. The predicted octanol–water partition coefficient (Wildman–Crippen LogP) is 2.45. The van der Waals surface area contributed by atoms with Gasteiger partial charge in [0.15, 0.2) is 0 Å². The molecule has 1 nitrogen and oxygen atoms in total. The van der Waals surface area contributed by atoms with Crippen molar-refractivity contribution in [3.63, 3.8) is 0 Å². The van der Waals surface area contributed by atoms with Crippen LogP contribution in [0.1, 0.15) is 6.92 Å². The SMILES string of the molecule is CC[SiH2]O[SiH3].Cl[C@H]1[C@H](Cl)[C@@H](Cl)[C@@H](Cl)[C@H](Cl)[C@H]1Cl. The van der Waals surface area contributed by atoms with Gasteiger partial charge in [0.1, 0.15) is 20.2 Å². The lowest BCUT2D eigenvalue weighted by Gasteiger charge is -2.37. The lowest BCUT2D eigenvalue weighted by Crippen LogP contribution is -2.52. The first-order chi connectivity index (χ1) is 7.88.